The Kier molecular flexibility index (Phi) is 3.80. The third-order valence-corrected chi connectivity index (χ3v) is 4.38. The fourth-order valence-electron chi connectivity index (χ4n) is 2.59. The van der Waals surface area contributed by atoms with Crippen molar-refractivity contribution in [2.24, 2.45) is 5.73 Å². The van der Waals surface area contributed by atoms with Gasteiger partial charge in [0.2, 0.25) is 0 Å². The van der Waals surface area contributed by atoms with Crippen LogP contribution < -0.4 is 11.5 Å². The van der Waals surface area contributed by atoms with Crippen LogP contribution in [-0.2, 0) is 4.74 Å². The number of halogens is 1. The van der Waals surface area contributed by atoms with Gasteiger partial charge in [0.05, 0.1) is 17.6 Å². The Bertz CT molecular complexity index is 632. The normalized spacial score (nSPS) is 26.4. The quantitative estimate of drug-likeness (QED) is 0.664. The number of nitrogens with two attached hydrogens (primary N) is 2. The highest BCUT2D eigenvalue weighted by Crippen LogP contribution is 2.35. The number of aromatic nitrogens is 3. The first-order valence-electron chi connectivity index (χ1n) is 6.42. The molecule has 1 aliphatic rings. The van der Waals surface area contributed by atoms with Gasteiger partial charge in [0.15, 0.2) is 0 Å². The minimum absolute atomic E-state index is 0.223. The lowest BCUT2D eigenvalue weighted by Crippen LogP contribution is -2.23. The van der Waals surface area contributed by atoms with Crippen LogP contribution in [0.25, 0.3) is 11.0 Å². The lowest BCUT2D eigenvalue weighted by molar-refractivity contribution is -0.0192. The molecule has 2 aromatic rings. The summed E-state index contributed by atoms with van der Waals surface area (Å²) in [5, 5.41) is 10.9. The van der Waals surface area contributed by atoms with Gasteiger partial charge in [-0.25, -0.2) is 9.97 Å². The second kappa shape index (κ2) is 5.43. The molecule has 3 heterocycles. The first kappa shape index (κ1) is 14.0. The van der Waals surface area contributed by atoms with Crippen molar-refractivity contribution in [1.29, 1.82) is 0 Å². The standard InChI is InChI=1S/C12H16IN5O2/c13-6-4-18(12-10(6)11(15)16-5-17-12)9-3-7(19)8(20-9)1-2-14/h4-5,7-9,19H,1-3,14H2,(H2,15,16,17)/t7-,8+,9+/m0/s1. The third kappa shape index (κ3) is 2.26. The van der Waals surface area contributed by atoms with Crippen LogP contribution in [0.1, 0.15) is 19.1 Å². The highest BCUT2D eigenvalue weighted by Gasteiger charge is 2.35. The van der Waals surface area contributed by atoms with E-state index in [9.17, 15) is 5.11 Å². The zero-order valence-electron chi connectivity index (χ0n) is 10.7. The number of aliphatic hydroxyl groups is 1. The van der Waals surface area contributed by atoms with Crippen molar-refractivity contribution in [3.63, 3.8) is 0 Å². The topological polar surface area (TPSA) is 112 Å². The van der Waals surface area contributed by atoms with Crippen LogP contribution in [0.5, 0.6) is 0 Å². The summed E-state index contributed by atoms with van der Waals surface area (Å²) >= 11 is 2.20. The van der Waals surface area contributed by atoms with E-state index in [4.69, 9.17) is 16.2 Å². The smallest absolute Gasteiger partial charge is 0.148 e. The molecule has 5 N–H and O–H groups in total. The number of rotatable bonds is 3. The van der Waals surface area contributed by atoms with E-state index in [1.165, 1.54) is 6.33 Å². The van der Waals surface area contributed by atoms with Crippen molar-refractivity contribution >= 4 is 39.4 Å². The molecule has 7 nitrogen and oxygen atoms in total. The average molecular weight is 389 g/mol. The van der Waals surface area contributed by atoms with Crippen LogP contribution in [0.2, 0.25) is 0 Å². The average Bonchev–Trinajstić information content (AvgIpc) is 2.93. The first-order chi connectivity index (χ1) is 9.61. The Morgan fingerprint density at radius 1 is 1.50 bits per heavy atom. The highest BCUT2D eigenvalue weighted by atomic mass is 127. The number of nitrogen functional groups attached to an aromatic ring is 1. The van der Waals surface area contributed by atoms with Gasteiger partial charge in [0.1, 0.15) is 24.0 Å². The van der Waals surface area contributed by atoms with Gasteiger partial charge in [-0.15, -0.1) is 0 Å². The maximum Gasteiger partial charge on any atom is 0.148 e. The van der Waals surface area contributed by atoms with Crippen LogP contribution in [0.15, 0.2) is 12.5 Å². The summed E-state index contributed by atoms with van der Waals surface area (Å²) < 4.78 is 8.77. The summed E-state index contributed by atoms with van der Waals surface area (Å²) in [6.45, 7) is 0.494. The van der Waals surface area contributed by atoms with Crippen molar-refractivity contribution in [1.82, 2.24) is 14.5 Å². The Balaban J connectivity index is 1.98. The maximum absolute atomic E-state index is 10.0. The zero-order valence-corrected chi connectivity index (χ0v) is 12.9. The predicted octanol–water partition coefficient (Wildman–Crippen LogP) is 0.615. The molecule has 0 aliphatic carbocycles. The summed E-state index contributed by atoms with van der Waals surface area (Å²) in [4.78, 5) is 8.29. The van der Waals surface area contributed by atoms with Gasteiger partial charge >= 0.3 is 0 Å². The van der Waals surface area contributed by atoms with Crippen LogP contribution in [0.4, 0.5) is 5.82 Å². The Hall–Kier alpha value is -0.970. The molecule has 0 spiro atoms. The van der Waals surface area contributed by atoms with Crippen molar-refractivity contribution < 1.29 is 9.84 Å². The van der Waals surface area contributed by atoms with E-state index in [0.717, 1.165) is 14.6 Å². The van der Waals surface area contributed by atoms with Crippen molar-refractivity contribution in [2.75, 3.05) is 12.3 Å². The molecule has 8 heteroatoms. The minimum Gasteiger partial charge on any atom is -0.390 e. The SMILES string of the molecule is NCC[C@H]1O[C@@H](n2cc(I)c3c(N)ncnc32)C[C@@H]1O. The molecule has 0 aromatic carbocycles. The molecule has 0 unspecified atom stereocenters. The highest BCUT2D eigenvalue weighted by molar-refractivity contribution is 14.1. The molecule has 20 heavy (non-hydrogen) atoms. The molecule has 0 amide bonds. The summed E-state index contributed by atoms with van der Waals surface area (Å²) in [5.41, 5.74) is 12.2. The summed E-state index contributed by atoms with van der Waals surface area (Å²) in [5.74, 6) is 0.454. The second-order valence-corrected chi connectivity index (χ2v) is 6.01. The molecule has 1 fully saturated rings. The third-order valence-electron chi connectivity index (χ3n) is 3.56. The largest absolute Gasteiger partial charge is 0.390 e. The van der Waals surface area contributed by atoms with E-state index in [1.807, 2.05) is 10.8 Å². The summed E-state index contributed by atoms with van der Waals surface area (Å²) in [6, 6.07) is 0. The van der Waals surface area contributed by atoms with Crippen LogP contribution in [0, 0.1) is 3.57 Å². The van der Waals surface area contributed by atoms with E-state index in [-0.39, 0.29) is 12.3 Å². The molecule has 0 bridgehead atoms. The molecule has 0 radical (unpaired) electrons. The van der Waals surface area contributed by atoms with E-state index >= 15 is 0 Å². The van der Waals surface area contributed by atoms with Crippen LogP contribution in [0.3, 0.4) is 0 Å². The van der Waals surface area contributed by atoms with Gasteiger partial charge in [0, 0.05) is 16.2 Å². The Morgan fingerprint density at radius 2 is 2.30 bits per heavy atom. The molecular weight excluding hydrogens is 373 g/mol. The monoisotopic (exact) mass is 389 g/mol. The lowest BCUT2D eigenvalue weighted by atomic mass is 10.1. The Morgan fingerprint density at radius 3 is 3.05 bits per heavy atom. The van der Waals surface area contributed by atoms with Gasteiger partial charge < -0.3 is 25.9 Å². The van der Waals surface area contributed by atoms with Crippen molar-refractivity contribution in [3.8, 4) is 0 Å². The fraction of sp³-hybridized carbons (Fsp3) is 0.500. The molecule has 1 saturated heterocycles. The summed E-state index contributed by atoms with van der Waals surface area (Å²) in [7, 11) is 0. The van der Waals surface area contributed by atoms with Gasteiger partial charge in [-0.3, -0.25) is 0 Å². The molecule has 0 saturated carbocycles. The number of nitrogens with zero attached hydrogens (tertiary/aromatic N) is 3. The fourth-order valence-corrected chi connectivity index (χ4v) is 3.41. The molecule has 3 rings (SSSR count). The van der Waals surface area contributed by atoms with Gasteiger partial charge in [0.25, 0.3) is 0 Å². The van der Waals surface area contributed by atoms with Gasteiger partial charge in [-0.2, -0.15) is 0 Å². The number of anilines is 1. The van der Waals surface area contributed by atoms with E-state index in [0.29, 0.717) is 25.2 Å². The number of aliphatic hydroxyl groups excluding tert-OH is 1. The van der Waals surface area contributed by atoms with E-state index in [1.54, 1.807) is 0 Å². The maximum atomic E-state index is 10.0. The molecule has 3 atom stereocenters. The van der Waals surface area contributed by atoms with Crippen molar-refractivity contribution in [2.45, 2.75) is 31.3 Å². The first-order valence-corrected chi connectivity index (χ1v) is 7.49. The number of fused-ring (bicyclic) bond motifs is 1. The lowest BCUT2D eigenvalue weighted by Gasteiger charge is -2.15. The van der Waals surface area contributed by atoms with E-state index < -0.39 is 6.10 Å². The van der Waals surface area contributed by atoms with E-state index in [2.05, 4.69) is 32.6 Å². The van der Waals surface area contributed by atoms with Gasteiger partial charge in [-0.05, 0) is 35.6 Å². The zero-order chi connectivity index (χ0) is 14.3. The van der Waals surface area contributed by atoms with Gasteiger partial charge in [-0.1, -0.05) is 0 Å². The van der Waals surface area contributed by atoms with Crippen LogP contribution >= 0.6 is 22.6 Å². The Labute approximate surface area is 129 Å². The number of ether oxygens (including phenoxy) is 1. The molecular formula is C12H16IN5O2. The number of hydrogen-bond acceptors (Lipinski definition) is 6. The van der Waals surface area contributed by atoms with Crippen molar-refractivity contribution in [3.05, 3.63) is 16.1 Å². The number of hydrogen-bond donors (Lipinski definition) is 3. The second-order valence-electron chi connectivity index (χ2n) is 4.85. The minimum atomic E-state index is -0.502. The van der Waals surface area contributed by atoms with Crippen LogP contribution in [-0.4, -0.2) is 38.4 Å². The summed E-state index contributed by atoms with van der Waals surface area (Å²) in [6.07, 6.45) is 3.56. The molecule has 2 aromatic heterocycles. The molecule has 1 aliphatic heterocycles. The predicted molar refractivity (Wildman–Crippen MR) is 82.9 cm³/mol. The molecule has 108 valence electrons.